The molecule has 0 aliphatic carbocycles. The van der Waals surface area contributed by atoms with Crippen LogP contribution in [0, 0.1) is 5.41 Å². The highest BCUT2D eigenvalue weighted by molar-refractivity contribution is 7.80. The molecule has 0 saturated heterocycles. The smallest absolute Gasteiger partial charge is 0.227 e. The molecule has 0 aromatic carbocycles. The Kier molecular flexibility index (Phi) is 4.71. The zero-order chi connectivity index (χ0) is 12.3. The Bertz CT molecular complexity index is 254. The molecule has 4 heteroatoms. The van der Waals surface area contributed by atoms with Crippen LogP contribution in [0.1, 0.15) is 47.5 Å². The fourth-order valence-electron chi connectivity index (χ4n) is 1.95. The van der Waals surface area contributed by atoms with Crippen molar-refractivity contribution in [2.24, 2.45) is 11.1 Å². The molecule has 0 aromatic rings. The Balaban J connectivity index is 4.25. The molecule has 0 radical (unpaired) electrons. The summed E-state index contributed by atoms with van der Waals surface area (Å²) >= 11 is 4.69. The first kappa shape index (κ1) is 14.4. The molecule has 0 unspecified atom stereocenters. The third-order valence-corrected chi connectivity index (χ3v) is 1.93. The van der Waals surface area contributed by atoms with Gasteiger partial charge in [-0.1, -0.05) is 33.0 Å². The first-order valence-electron chi connectivity index (χ1n) is 5.11. The van der Waals surface area contributed by atoms with Gasteiger partial charge in [0.25, 0.3) is 0 Å². The van der Waals surface area contributed by atoms with E-state index in [-0.39, 0.29) is 28.3 Å². The molecule has 88 valence electrons. The van der Waals surface area contributed by atoms with E-state index in [1.807, 2.05) is 13.8 Å². The fourth-order valence-corrected chi connectivity index (χ4v) is 2.08. The second-order valence-corrected chi connectivity index (χ2v) is 6.34. The minimum atomic E-state index is -0.222. The van der Waals surface area contributed by atoms with E-state index < -0.39 is 0 Å². The quantitative estimate of drug-likeness (QED) is 0.726. The van der Waals surface area contributed by atoms with E-state index in [4.69, 9.17) is 5.73 Å². The molecule has 3 nitrogen and oxygen atoms in total. The summed E-state index contributed by atoms with van der Waals surface area (Å²) in [5, 5.41) is 2.94. The highest BCUT2D eigenvalue weighted by Gasteiger charge is 2.26. The van der Waals surface area contributed by atoms with Crippen molar-refractivity contribution in [1.29, 1.82) is 0 Å². The molecule has 0 heterocycles. The van der Waals surface area contributed by atoms with Crippen LogP contribution < -0.4 is 11.1 Å². The highest BCUT2D eigenvalue weighted by Crippen LogP contribution is 2.26. The Hall–Kier alpha value is -0.640. The van der Waals surface area contributed by atoms with Gasteiger partial charge in [-0.2, -0.15) is 0 Å². The van der Waals surface area contributed by atoms with E-state index in [0.717, 1.165) is 6.42 Å². The summed E-state index contributed by atoms with van der Waals surface area (Å²) in [6.45, 7) is 10.5. The van der Waals surface area contributed by atoms with Gasteiger partial charge in [0.15, 0.2) is 0 Å². The van der Waals surface area contributed by atoms with Crippen molar-refractivity contribution in [3.63, 3.8) is 0 Å². The molecular formula is C11H22N2OS. The Morgan fingerprint density at radius 1 is 1.27 bits per heavy atom. The molecule has 0 fully saturated rings. The van der Waals surface area contributed by atoms with E-state index in [2.05, 4.69) is 38.3 Å². The van der Waals surface area contributed by atoms with Crippen LogP contribution in [0.4, 0.5) is 0 Å². The summed E-state index contributed by atoms with van der Waals surface area (Å²) in [6, 6.07) is 0. The van der Waals surface area contributed by atoms with Gasteiger partial charge in [0.05, 0.1) is 11.4 Å². The van der Waals surface area contributed by atoms with E-state index in [1.54, 1.807) is 0 Å². The van der Waals surface area contributed by atoms with Crippen LogP contribution in [0.15, 0.2) is 0 Å². The zero-order valence-corrected chi connectivity index (χ0v) is 11.1. The number of rotatable bonds is 4. The molecular weight excluding hydrogens is 208 g/mol. The van der Waals surface area contributed by atoms with Gasteiger partial charge >= 0.3 is 0 Å². The van der Waals surface area contributed by atoms with Crippen molar-refractivity contribution in [1.82, 2.24) is 5.32 Å². The number of nitrogens with one attached hydrogen (secondary N) is 1. The SMILES string of the molecule is CC(C)(C)CC(C)(C)NC(=O)CC(N)=S. The van der Waals surface area contributed by atoms with Crippen LogP contribution in [-0.4, -0.2) is 16.4 Å². The molecule has 15 heavy (non-hydrogen) atoms. The lowest BCUT2D eigenvalue weighted by Gasteiger charge is -2.33. The number of nitrogens with two attached hydrogens (primary N) is 1. The lowest BCUT2D eigenvalue weighted by molar-refractivity contribution is -0.121. The highest BCUT2D eigenvalue weighted by atomic mass is 32.1. The van der Waals surface area contributed by atoms with Crippen molar-refractivity contribution < 1.29 is 4.79 Å². The minimum Gasteiger partial charge on any atom is -0.393 e. The van der Waals surface area contributed by atoms with Gasteiger partial charge in [0, 0.05) is 5.54 Å². The van der Waals surface area contributed by atoms with E-state index in [1.165, 1.54) is 0 Å². The Labute approximate surface area is 97.8 Å². The van der Waals surface area contributed by atoms with Gasteiger partial charge < -0.3 is 11.1 Å². The van der Waals surface area contributed by atoms with Gasteiger partial charge in [-0.25, -0.2) is 0 Å². The second kappa shape index (κ2) is 4.92. The van der Waals surface area contributed by atoms with E-state index >= 15 is 0 Å². The van der Waals surface area contributed by atoms with E-state index in [0.29, 0.717) is 0 Å². The summed E-state index contributed by atoms with van der Waals surface area (Å²) in [7, 11) is 0. The third-order valence-electron chi connectivity index (χ3n) is 1.78. The van der Waals surface area contributed by atoms with Gasteiger partial charge in [-0.3, -0.25) is 4.79 Å². The van der Waals surface area contributed by atoms with Crippen molar-refractivity contribution in [2.75, 3.05) is 0 Å². The van der Waals surface area contributed by atoms with Gasteiger partial charge in [0.1, 0.15) is 0 Å². The Morgan fingerprint density at radius 3 is 2.07 bits per heavy atom. The molecule has 0 atom stereocenters. The largest absolute Gasteiger partial charge is 0.393 e. The van der Waals surface area contributed by atoms with E-state index in [9.17, 15) is 4.79 Å². The van der Waals surface area contributed by atoms with Crippen LogP contribution in [0.2, 0.25) is 0 Å². The number of amides is 1. The molecule has 0 aliphatic heterocycles. The van der Waals surface area contributed by atoms with Gasteiger partial charge in [0.2, 0.25) is 5.91 Å². The standard InChI is InChI=1S/C11H22N2OS/c1-10(2,3)7-11(4,5)13-9(14)6-8(12)15/h6-7H2,1-5H3,(H2,12,15)(H,13,14). The maximum absolute atomic E-state index is 11.5. The summed E-state index contributed by atoms with van der Waals surface area (Å²) < 4.78 is 0. The van der Waals surface area contributed by atoms with Gasteiger partial charge in [-0.15, -0.1) is 0 Å². The number of carbonyl (C=O) groups is 1. The van der Waals surface area contributed by atoms with Crippen molar-refractivity contribution >= 4 is 23.1 Å². The number of carbonyl (C=O) groups excluding carboxylic acids is 1. The normalized spacial score (nSPS) is 12.3. The molecule has 0 rings (SSSR count). The average Bonchev–Trinajstić information content (AvgIpc) is 1.73. The first-order valence-corrected chi connectivity index (χ1v) is 5.52. The average molecular weight is 230 g/mol. The first-order chi connectivity index (χ1) is 6.52. The third kappa shape index (κ3) is 8.36. The minimum absolute atomic E-state index is 0.100. The van der Waals surface area contributed by atoms with Crippen LogP contribution in [0.5, 0.6) is 0 Å². The summed E-state index contributed by atoms with van der Waals surface area (Å²) in [5.74, 6) is -0.100. The fraction of sp³-hybridized carbons (Fsp3) is 0.818. The molecule has 1 amide bonds. The molecule has 0 spiro atoms. The summed E-state index contributed by atoms with van der Waals surface area (Å²) in [6.07, 6.45) is 1.03. The topological polar surface area (TPSA) is 55.1 Å². The number of hydrogen-bond acceptors (Lipinski definition) is 2. The van der Waals surface area contributed by atoms with Crippen molar-refractivity contribution in [2.45, 2.75) is 53.0 Å². The number of thiocarbonyl (C=S) groups is 1. The zero-order valence-electron chi connectivity index (χ0n) is 10.3. The number of hydrogen-bond donors (Lipinski definition) is 2. The monoisotopic (exact) mass is 230 g/mol. The maximum Gasteiger partial charge on any atom is 0.227 e. The second-order valence-electron chi connectivity index (χ2n) is 5.81. The Morgan fingerprint density at radius 2 is 1.73 bits per heavy atom. The van der Waals surface area contributed by atoms with Crippen LogP contribution >= 0.6 is 12.2 Å². The van der Waals surface area contributed by atoms with Crippen molar-refractivity contribution in [3.05, 3.63) is 0 Å². The molecule has 0 aliphatic rings. The molecule has 0 aromatic heterocycles. The van der Waals surface area contributed by atoms with Gasteiger partial charge in [-0.05, 0) is 25.7 Å². The van der Waals surface area contributed by atoms with Crippen LogP contribution in [0.3, 0.4) is 0 Å². The maximum atomic E-state index is 11.5. The van der Waals surface area contributed by atoms with Crippen LogP contribution in [0.25, 0.3) is 0 Å². The summed E-state index contributed by atoms with van der Waals surface area (Å²) in [4.78, 5) is 11.7. The molecule has 3 N–H and O–H groups in total. The lowest BCUT2D eigenvalue weighted by atomic mass is 9.82. The van der Waals surface area contributed by atoms with Crippen LogP contribution in [-0.2, 0) is 4.79 Å². The predicted octanol–water partition coefficient (Wildman–Crippen LogP) is 1.99. The lowest BCUT2D eigenvalue weighted by Crippen LogP contribution is -2.46. The molecule has 0 saturated carbocycles. The predicted molar refractivity (Wildman–Crippen MR) is 67.7 cm³/mol. The summed E-state index contributed by atoms with van der Waals surface area (Å²) in [5.41, 5.74) is 5.27. The molecule has 0 bridgehead atoms. The van der Waals surface area contributed by atoms with Crippen molar-refractivity contribution in [3.8, 4) is 0 Å².